The number of furan rings is 1. The molecule has 2 N–H and O–H groups in total. The molecule has 1 heterocycles. The number of ether oxygens (including phenoxy) is 2. The summed E-state index contributed by atoms with van der Waals surface area (Å²) >= 11 is 0. The molecular weight excluding hydrogens is 348 g/mol. The van der Waals surface area contributed by atoms with Crippen LogP contribution in [0.5, 0.6) is 11.5 Å². The van der Waals surface area contributed by atoms with E-state index >= 15 is 0 Å². The summed E-state index contributed by atoms with van der Waals surface area (Å²) in [5.41, 5.74) is 1.31. The van der Waals surface area contributed by atoms with Crippen molar-refractivity contribution in [2.45, 2.75) is 33.7 Å². The lowest BCUT2D eigenvalue weighted by atomic mass is 10.1. The Labute approximate surface area is 159 Å². The third kappa shape index (κ3) is 5.26. The van der Waals surface area contributed by atoms with Gasteiger partial charge in [0.2, 0.25) is 5.91 Å². The predicted octanol–water partition coefficient (Wildman–Crippen LogP) is 2.91. The van der Waals surface area contributed by atoms with Crippen LogP contribution in [-0.4, -0.2) is 32.1 Å². The Morgan fingerprint density at radius 1 is 1.19 bits per heavy atom. The summed E-state index contributed by atoms with van der Waals surface area (Å²) in [6, 6.07) is 6.90. The number of rotatable bonds is 8. The first-order valence-corrected chi connectivity index (χ1v) is 8.81. The smallest absolute Gasteiger partial charge is 0.255 e. The molecule has 1 atom stereocenters. The number of methoxy groups -OCH3 is 1. The molecule has 0 saturated heterocycles. The van der Waals surface area contributed by atoms with Crippen molar-refractivity contribution >= 4 is 11.8 Å². The van der Waals surface area contributed by atoms with Gasteiger partial charge in [-0.3, -0.25) is 9.59 Å². The number of hydrogen-bond acceptors (Lipinski definition) is 5. The monoisotopic (exact) mass is 374 g/mol. The fourth-order valence-electron chi connectivity index (χ4n) is 2.72. The zero-order valence-electron chi connectivity index (χ0n) is 16.3. The van der Waals surface area contributed by atoms with Gasteiger partial charge >= 0.3 is 0 Å². The first kappa shape index (κ1) is 20.4. The second-order valence-corrected chi connectivity index (χ2v) is 6.14. The van der Waals surface area contributed by atoms with E-state index in [-0.39, 0.29) is 24.4 Å². The largest absolute Gasteiger partial charge is 0.493 e. The number of carbonyl (C=O) groups is 2. The van der Waals surface area contributed by atoms with Gasteiger partial charge in [-0.1, -0.05) is 6.07 Å². The molecule has 0 aliphatic rings. The molecule has 0 aliphatic carbocycles. The molecule has 1 aromatic carbocycles. The highest BCUT2D eigenvalue weighted by atomic mass is 16.5. The molecule has 2 rings (SSSR count). The number of amides is 2. The van der Waals surface area contributed by atoms with Gasteiger partial charge in [0, 0.05) is 0 Å². The molecule has 0 bridgehead atoms. The minimum absolute atomic E-state index is 0.124. The van der Waals surface area contributed by atoms with E-state index in [0.29, 0.717) is 35.2 Å². The number of aryl methyl sites for hydroxylation is 2. The van der Waals surface area contributed by atoms with E-state index in [2.05, 4.69) is 10.6 Å². The molecule has 1 aromatic heterocycles. The van der Waals surface area contributed by atoms with Crippen molar-refractivity contribution in [3.05, 3.63) is 46.9 Å². The Bertz CT molecular complexity index is 813. The van der Waals surface area contributed by atoms with E-state index < -0.39 is 0 Å². The molecule has 7 nitrogen and oxygen atoms in total. The van der Waals surface area contributed by atoms with Crippen molar-refractivity contribution < 1.29 is 23.5 Å². The Morgan fingerprint density at radius 2 is 1.93 bits per heavy atom. The van der Waals surface area contributed by atoms with Crippen LogP contribution in [0, 0.1) is 13.8 Å². The van der Waals surface area contributed by atoms with Crippen molar-refractivity contribution in [2.24, 2.45) is 0 Å². The lowest BCUT2D eigenvalue weighted by Gasteiger charge is -2.17. The van der Waals surface area contributed by atoms with Gasteiger partial charge in [-0.15, -0.1) is 0 Å². The van der Waals surface area contributed by atoms with Gasteiger partial charge in [0.25, 0.3) is 5.91 Å². The van der Waals surface area contributed by atoms with E-state index in [1.807, 2.05) is 32.0 Å². The van der Waals surface area contributed by atoms with Gasteiger partial charge in [0.15, 0.2) is 11.5 Å². The minimum atomic E-state index is -0.338. The van der Waals surface area contributed by atoms with Gasteiger partial charge in [-0.25, -0.2) is 0 Å². The molecule has 1 unspecified atom stereocenters. The second-order valence-electron chi connectivity index (χ2n) is 6.14. The van der Waals surface area contributed by atoms with E-state index in [0.717, 1.165) is 5.56 Å². The summed E-state index contributed by atoms with van der Waals surface area (Å²) < 4.78 is 16.2. The van der Waals surface area contributed by atoms with Crippen LogP contribution in [0.4, 0.5) is 0 Å². The predicted molar refractivity (Wildman–Crippen MR) is 101 cm³/mol. The van der Waals surface area contributed by atoms with Crippen molar-refractivity contribution in [2.75, 3.05) is 20.3 Å². The molecule has 0 spiro atoms. The Balaban J connectivity index is 1.93. The van der Waals surface area contributed by atoms with Crippen LogP contribution in [-0.2, 0) is 4.79 Å². The first-order chi connectivity index (χ1) is 12.8. The molecule has 146 valence electrons. The lowest BCUT2D eigenvalue weighted by Crippen LogP contribution is -2.38. The van der Waals surface area contributed by atoms with Crippen LogP contribution < -0.4 is 20.1 Å². The van der Waals surface area contributed by atoms with Crippen LogP contribution in [0.1, 0.15) is 47.3 Å². The zero-order valence-corrected chi connectivity index (χ0v) is 16.3. The third-order valence-electron chi connectivity index (χ3n) is 4.06. The van der Waals surface area contributed by atoms with Crippen LogP contribution in [0.3, 0.4) is 0 Å². The third-order valence-corrected chi connectivity index (χ3v) is 4.06. The average Bonchev–Trinajstić information content (AvgIpc) is 2.98. The number of carbonyl (C=O) groups excluding carboxylic acids is 2. The van der Waals surface area contributed by atoms with Gasteiger partial charge in [0.1, 0.15) is 11.5 Å². The molecule has 7 heteroatoms. The van der Waals surface area contributed by atoms with E-state index in [4.69, 9.17) is 13.9 Å². The van der Waals surface area contributed by atoms with Crippen LogP contribution in [0.25, 0.3) is 0 Å². The number of benzene rings is 1. The van der Waals surface area contributed by atoms with Crippen LogP contribution in [0.15, 0.2) is 28.7 Å². The van der Waals surface area contributed by atoms with Gasteiger partial charge < -0.3 is 24.5 Å². The Hall–Kier alpha value is -2.96. The van der Waals surface area contributed by atoms with Crippen molar-refractivity contribution in [3.8, 4) is 11.5 Å². The maximum absolute atomic E-state index is 12.2. The topological polar surface area (TPSA) is 89.8 Å². The Kier molecular flexibility index (Phi) is 6.87. The first-order valence-electron chi connectivity index (χ1n) is 8.81. The normalized spacial score (nSPS) is 11.6. The SMILES string of the molecule is CCOc1ccc(C(C)NC(=O)CNC(=O)c2cc(C)oc2C)cc1OC. The van der Waals surface area contributed by atoms with Gasteiger partial charge in [-0.2, -0.15) is 0 Å². The quantitative estimate of drug-likeness (QED) is 0.741. The maximum Gasteiger partial charge on any atom is 0.255 e. The van der Waals surface area contributed by atoms with E-state index in [9.17, 15) is 9.59 Å². The van der Waals surface area contributed by atoms with E-state index in [1.54, 1.807) is 27.0 Å². The lowest BCUT2D eigenvalue weighted by molar-refractivity contribution is -0.120. The van der Waals surface area contributed by atoms with Crippen LogP contribution in [0.2, 0.25) is 0 Å². The highest BCUT2D eigenvalue weighted by molar-refractivity contribution is 5.97. The summed E-state index contributed by atoms with van der Waals surface area (Å²) in [4.78, 5) is 24.3. The molecule has 2 aromatic rings. The standard InChI is InChI=1S/C20H26N2O5/c1-6-26-17-8-7-15(10-18(17)25-5)13(3)22-19(23)11-21-20(24)16-9-12(2)27-14(16)4/h7-10,13H,6,11H2,1-5H3,(H,21,24)(H,22,23). The summed E-state index contributed by atoms with van der Waals surface area (Å²) in [6.07, 6.45) is 0. The molecule has 0 saturated carbocycles. The van der Waals surface area contributed by atoms with Gasteiger partial charge in [0.05, 0.1) is 31.9 Å². The summed E-state index contributed by atoms with van der Waals surface area (Å²) in [7, 11) is 1.57. The zero-order chi connectivity index (χ0) is 20.0. The fourth-order valence-corrected chi connectivity index (χ4v) is 2.72. The Morgan fingerprint density at radius 3 is 2.52 bits per heavy atom. The minimum Gasteiger partial charge on any atom is -0.493 e. The fraction of sp³-hybridized carbons (Fsp3) is 0.400. The van der Waals surface area contributed by atoms with Crippen molar-refractivity contribution in [3.63, 3.8) is 0 Å². The van der Waals surface area contributed by atoms with Crippen molar-refractivity contribution in [1.82, 2.24) is 10.6 Å². The average molecular weight is 374 g/mol. The highest BCUT2D eigenvalue weighted by Gasteiger charge is 2.16. The summed E-state index contributed by atoms with van der Waals surface area (Å²) in [5, 5.41) is 5.45. The summed E-state index contributed by atoms with van der Waals surface area (Å²) in [5.74, 6) is 1.81. The molecular formula is C20H26N2O5. The summed E-state index contributed by atoms with van der Waals surface area (Å²) in [6.45, 7) is 7.65. The van der Waals surface area contributed by atoms with Crippen LogP contribution >= 0.6 is 0 Å². The molecule has 0 fully saturated rings. The highest BCUT2D eigenvalue weighted by Crippen LogP contribution is 2.30. The van der Waals surface area contributed by atoms with Gasteiger partial charge in [-0.05, 0) is 51.5 Å². The van der Waals surface area contributed by atoms with E-state index in [1.165, 1.54) is 0 Å². The molecule has 0 aliphatic heterocycles. The second kappa shape index (κ2) is 9.12. The number of nitrogens with one attached hydrogen (secondary N) is 2. The number of hydrogen-bond donors (Lipinski definition) is 2. The molecule has 2 amide bonds. The molecule has 27 heavy (non-hydrogen) atoms. The van der Waals surface area contributed by atoms with Crippen molar-refractivity contribution in [1.29, 1.82) is 0 Å². The molecule has 0 radical (unpaired) electrons. The maximum atomic E-state index is 12.2.